The number of benzene rings is 1. The monoisotopic (exact) mass is 344 g/mol. The Morgan fingerprint density at radius 2 is 2.26 bits per heavy atom. The summed E-state index contributed by atoms with van der Waals surface area (Å²) in [7, 11) is 0. The average molecular weight is 346 g/mol. The third kappa shape index (κ3) is 2.23. The predicted octanol–water partition coefficient (Wildman–Crippen LogP) is 3.11. The first-order valence-electron chi connectivity index (χ1n) is 5.34. The minimum Gasteiger partial charge on any atom is -0.343 e. The molecule has 5 nitrogen and oxygen atoms in total. The van der Waals surface area contributed by atoms with Crippen LogP contribution >= 0.6 is 27.5 Å². The molecular weight excluding hydrogens is 339 g/mol. The molecule has 0 bridgehead atoms. The lowest BCUT2D eigenvalue weighted by molar-refractivity contribution is 0.408. The number of hydrogen-bond acceptors (Lipinski definition) is 4. The molecule has 0 N–H and O–H groups in total. The molecule has 1 aromatic carbocycles. The number of alkyl halides is 1. The summed E-state index contributed by atoms with van der Waals surface area (Å²) in [6.07, 6.45) is 1.25. The van der Waals surface area contributed by atoms with Crippen LogP contribution in [-0.4, -0.2) is 19.7 Å². The fraction of sp³-hybridized carbons (Fsp3) is 0.182. The molecule has 0 aliphatic rings. The molecule has 8 heteroatoms. The largest absolute Gasteiger partial charge is 0.343 e. The summed E-state index contributed by atoms with van der Waals surface area (Å²) in [4.78, 5) is 8.26. The molecular formula is C11H7BrClFN4O. The number of rotatable bonds is 3. The van der Waals surface area contributed by atoms with Gasteiger partial charge in [-0.05, 0) is 22.0 Å². The molecule has 0 saturated heterocycles. The average Bonchev–Trinajstić information content (AvgIpc) is 3.00. The molecule has 0 amide bonds. The van der Waals surface area contributed by atoms with Gasteiger partial charge in [-0.25, -0.2) is 9.37 Å². The van der Waals surface area contributed by atoms with E-state index in [1.165, 1.54) is 12.5 Å². The number of imidazole rings is 1. The van der Waals surface area contributed by atoms with Gasteiger partial charge in [-0.1, -0.05) is 5.16 Å². The Kier molecular flexibility index (Phi) is 3.24. The van der Waals surface area contributed by atoms with Gasteiger partial charge >= 0.3 is 0 Å². The van der Waals surface area contributed by atoms with Crippen LogP contribution in [0.4, 0.5) is 4.39 Å². The summed E-state index contributed by atoms with van der Waals surface area (Å²) in [5.74, 6) is 0.981. The van der Waals surface area contributed by atoms with E-state index in [1.54, 1.807) is 6.07 Å². The van der Waals surface area contributed by atoms with Crippen molar-refractivity contribution in [3.8, 4) is 0 Å². The van der Waals surface area contributed by atoms with Crippen LogP contribution in [0.25, 0.3) is 11.0 Å². The smallest absolute Gasteiger partial charge is 0.213 e. The van der Waals surface area contributed by atoms with E-state index in [0.29, 0.717) is 28.2 Å². The third-order valence-corrected chi connectivity index (χ3v) is 3.54. The van der Waals surface area contributed by atoms with Crippen molar-refractivity contribution in [3.05, 3.63) is 40.5 Å². The normalized spacial score (nSPS) is 11.3. The van der Waals surface area contributed by atoms with Crippen LogP contribution in [0.5, 0.6) is 0 Å². The van der Waals surface area contributed by atoms with E-state index in [1.807, 2.05) is 4.57 Å². The van der Waals surface area contributed by atoms with E-state index >= 15 is 0 Å². The number of nitrogens with zero attached hydrogens (tertiary/aromatic N) is 4. The zero-order chi connectivity index (χ0) is 13.4. The molecule has 0 aliphatic heterocycles. The van der Waals surface area contributed by atoms with E-state index < -0.39 is 0 Å². The summed E-state index contributed by atoms with van der Waals surface area (Å²) in [6, 6.07) is 3.02. The Labute approximate surface area is 120 Å². The van der Waals surface area contributed by atoms with Gasteiger partial charge < -0.3 is 9.09 Å². The number of aromatic nitrogens is 4. The molecule has 0 aliphatic carbocycles. The van der Waals surface area contributed by atoms with Crippen molar-refractivity contribution in [2.24, 2.45) is 0 Å². The topological polar surface area (TPSA) is 56.7 Å². The molecule has 0 fully saturated rings. The third-order valence-electron chi connectivity index (χ3n) is 2.70. The van der Waals surface area contributed by atoms with Gasteiger partial charge in [-0.15, -0.1) is 11.6 Å². The maximum absolute atomic E-state index is 13.5. The first kappa shape index (κ1) is 12.6. The molecule has 3 aromatic rings. The van der Waals surface area contributed by atoms with E-state index in [2.05, 4.69) is 31.1 Å². The predicted molar refractivity (Wildman–Crippen MR) is 70.3 cm³/mol. The number of hydrogen-bond donors (Lipinski definition) is 0. The molecule has 0 saturated carbocycles. The fourth-order valence-corrected chi connectivity index (χ4v) is 2.39. The van der Waals surface area contributed by atoms with Crippen LogP contribution in [0.1, 0.15) is 11.6 Å². The van der Waals surface area contributed by atoms with Gasteiger partial charge in [-0.2, -0.15) is 4.98 Å². The van der Waals surface area contributed by atoms with Crippen LogP contribution < -0.4 is 0 Å². The summed E-state index contributed by atoms with van der Waals surface area (Å²) in [6.45, 7) is 0.368. The summed E-state index contributed by atoms with van der Waals surface area (Å²) in [5, 5.41) is 3.75. The molecule has 0 spiro atoms. The van der Waals surface area contributed by atoms with E-state index in [0.717, 1.165) is 5.52 Å². The van der Waals surface area contributed by atoms with Gasteiger partial charge in [0.25, 0.3) is 0 Å². The van der Waals surface area contributed by atoms with Crippen LogP contribution in [0.2, 0.25) is 0 Å². The molecule has 0 atom stereocenters. The van der Waals surface area contributed by atoms with Gasteiger partial charge in [0.05, 0.1) is 27.9 Å². The van der Waals surface area contributed by atoms with Crippen molar-refractivity contribution in [1.82, 2.24) is 19.7 Å². The Morgan fingerprint density at radius 1 is 1.42 bits per heavy atom. The van der Waals surface area contributed by atoms with E-state index in [9.17, 15) is 4.39 Å². The highest BCUT2D eigenvalue weighted by Crippen LogP contribution is 2.25. The zero-order valence-corrected chi connectivity index (χ0v) is 11.8. The van der Waals surface area contributed by atoms with Gasteiger partial charge in [0, 0.05) is 6.07 Å². The van der Waals surface area contributed by atoms with Crippen molar-refractivity contribution in [1.29, 1.82) is 0 Å². The quantitative estimate of drug-likeness (QED) is 0.685. The first-order valence-corrected chi connectivity index (χ1v) is 6.67. The van der Waals surface area contributed by atoms with Gasteiger partial charge in [0.1, 0.15) is 11.6 Å². The molecule has 0 unspecified atom stereocenters. The Hall–Kier alpha value is -1.47. The molecule has 2 aromatic heterocycles. The number of fused-ring (bicyclic) bond motifs is 1. The second kappa shape index (κ2) is 4.90. The Bertz CT molecular complexity index is 728. The summed E-state index contributed by atoms with van der Waals surface area (Å²) in [5.41, 5.74) is 1.30. The van der Waals surface area contributed by atoms with Crippen LogP contribution in [-0.2, 0) is 12.4 Å². The maximum atomic E-state index is 13.5. The molecule has 98 valence electrons. The van der Waals surface area contributed by atoms with E-state index in [-0.39, 0.29) is 11.7 Å². The molecule has 2 heterocycles. The standard InChI is InChI=1S/C11H7BrClFN4O/c12-6-1-9-8(2-7(6)14)16-11(3-13)18(9)4-10-15-5-19-17-10/h1-2,5H,3-4H2. The SMILES string of the molecule is Fc1cc2nc(CCl)n(Cc3ncon3)c2cc1Br. The van der Waals surface area contributed by atoms with Crippen molar-refractivity contribution in [2.75, 3.05) is 0 Å². The van der Waals surface area contributed by atoms with Crippen LogP contribution in [0.15, 0.2) is 27.5 Å². The van der Waals surface area contributed by atoms with Crippen molar-refractivity contribution >= 4 is 38.6 Å². The lowest BCUT2D eigenvalue weighted by Gasteiger charge is -2.04. The molecule has 0 radical (unpaired) electrons. The fourth-order valence-electron chi connectivity index (χ4n) is 1.85. The lowest BCUT2D eigenvalue weighted by Crippen LogP contribution is -2.05. The second-order valence-electron chi connectivity index (χ2n) is 3.85. The highest BCUT2D eigenvalue weighted by atomic mass is 79.9. The van der Waals surface area contributed by atoms with Crippen molar-refractivity contribution in [2.45, 2.75) is 12.4 Å². The summed E-state index contributed by atoms with van der Waals surface area (Å²) >= 11 is 9.03. The maximum Gasteiger partial charge on any atom is 0.213 e. The highest BCUT2D eigenvalue weighted by molar-refractivity contribution is 9.10. The minimum absolute atomic E-state index is 0.214. The van der Waals surface area contributed by atoms with Gasteiger partial charge in [0.15, 0.2) is 5.82 Å². The van der Waals surface area contributed by atoms with Crippen molar-refractivity contribution in [3.63, 3.8) is 0 Å². The van der Waals surface area contributed by atoms with Crippen LogP contribution in [0.3, 0.4) is 0 Å². The lowest BCUT2D eigenvalue weighted by atomic mass is 10.3. The van der Waals surface area contributed by atoms with Crippen LogP contribution in [0, 0.1) is 5.82 Å². The van der Waals surface area contributed by atoms with Gasteiger partial charge in [-0.3, -0.25) is 0 Å². The van der Waals surface area contributed by atoms with E-state index in [4.69, 9.17) is 16.1 Å². The number of halogens is 3. The van der Waals surface area contributed by atoms with Crippen molar-refractivity contribution < 1.29 is 8.91 Å². The second-order valence-corrected chi connectivity index (χ2v) is 4.97. The Balaban J connectivity index is 2.17. The molecule has 19 heavy (non-hydrogen) atoms. The highest BCUT2D eigenvalue weighted by Gasteiger charge is 2.14. The Morgan fingerprint density at radius 3 is 2.95 bits per heavy atom. The minimum atomic E-state index is -0.363. The summed E-state index contributed by atoms with van der Waals surface area (Å²) < 4.78 is 20.4. The van der Waals surface area contributed by atoms with Gasteiger partial charge in [0.2, 0.25) is 6.39 Å². The zero-order valence-electron chi connectivity index (χ0n) is 9.48. The molecule has 3 rings (SSSR count). The first-order chi connectivity index (χ1) is 9.19.